The molecule has 358 valence electrons. The van der Waals surface area contributed by atoms with Gasteiger partial charge in [0.05, 0.1) is 39.9 Å². The third kappa shape index (κ3) is 46.3. The summed E-state index contributed by atoms with van der Waals surface area (Å²) in [5.74, 6) is -0.148. The van der Waals surface area contributed by atoms with Crippen molar-refractivity contribution < 1.29 is 32.9 Å². The lowest BCUT2D eigenvalue weighted by atomic mass is 10.0. The van der Waals surface area contributed by atoms with Crippen LogP contribution in [0.15, 0.2) is 48.6 Å². The summed E-state index contributed by atoms with van der Waals surface area (Å²) in [6, 6.07) is -0.755. The smallest absolute Gasteiger partial charge is 0.391 e. The van der Waals surface area contributed by atoms with Crippen LogP contribution < -0.4 is 5.32 Å². The topological polar surface area (TPSA) is 105 Å². The molecule has 0 radical (unpaired) electrons. The van der Waals surface area contributed by atoms with Gasteiger partial charge in [0.15, 0.2) is 0 Å². The Morgan fingerprint density at radius 3 is 1.44 bits per heavy atom. The fourth-order valence-corrected chi connectivity index (χ4v) is 8.07. The molecule has 0 aromatic carbocycles. The summed E-state index contributed by atoms with van der Waals surface area (Å²) in [7, 11) is 1.61. The van der Waals surface area contributed by atoms with Gasteiger partial charge in [0.25, 0.3) is 0 Å². The zero-order valence-electron chi connectivity index (χ0n) is 40.7. The largest absolute Gasteiger partial charge is 0.472 e. The number of hydrogen-bond acceptors (Lipinski definition) is 5. The van der Waals surface area contributed by atoms with Gasteiger partial charge in [0, 0.05) is 6.42 Å². The molecule has 3 atom stereocenters. The molecule has 0 spiro atoms. The minimum Gasteiger partial charge on any atom is -0.391 e. The van der Waals surface area contributed by atoms with Crippen molar-refractivity contribution in [3.05, 3.63) is 48.6 Å². The standard InChI is InChI=1S/C52H99N2O6P/c1-6-8-10-12-14-15-16-17-18-19-20-21-22-23-24-25-26-27-28-29-30-31-32-33-34-35-36-37-38-39-40-42-44-46-52(56)53-50(51(55)45-43-41-13-11-9-7-2)49-60-61(57,58)59-48-47-54(3,4)5/h8,10,14-15,17-18,20-21,50-51,55H,6-7,9,11-13,16,19,22-49H2,1-5H3,(H-,53,56,57,58)/p+1/b10-8-,15-14-,18-17-,21-20-. The lowest BCUT2D eigenvalue weighted by molar-refractivity contribution is -0.870. The Morgan fingerprint density at radius 2 is 0.984 bits per heavy atom. The maximum Gasteiger partial charge on any atom is 0.472 e. The summed E-state index contributed by atoms with van der Waals surface area (Å²) in [5, 5.41) is 13.8. The minimum atomic E-state index is -4.30. The predicted molar refractivity (Wildman–Crippen MR) is 263 cm³/mol. The Labute approximate surface area is 378 Å². The van der Waals surface area contributed by atoms with Crippen molar-refractivity contribution in [3.8, 4) is 0 Å². The third-order valence-electron chi connectivity index (χ3n) is 11.3. The van der Waals surface area contributed by atoms with Gasteiger partial charge in [-0.25, -0.2) is 4.57 Å². The zero-order valence-corrected chi connectivity index (χ0v) is 41.5. The highest BCUT2D eigenvalue weighted by Gasteiger charge is 2.28. The van der Waals surface area contributed by atoms with Gasteiger partial charge in [-0.1, -0.05) is 217 Å². The molecule has 9 heteroatoms. The van der Waals surface area contributed by atoms with Crippen LogP contribution in [0.4, 0.5) is 0 Å². The van der Waals surface area contributed by atoms with Crippen LogP contribution >= 0.6 is 7.82 Å². The lowest BCUT2D eigenvalue weighted by Crippen LogP contribution is -2.46. The number of aliphatic hydroxyl groups is 1. The summed E-state index contributed by atoms with van der Waals surface area (Å²) >= 11 is 0. The zero-order chi connectivity index (χ0) is 45.0. The average Bonchev–Trinajstić information content (AvgIpc) is 3.21. The fraction of sp³-hybridized carbons (Fsp3) is 0.827. The highest BCUT2D eigenvalue weighted by atomic mass is 31.2. The van der Waals surface area contributed by atoms with E-state index in [1.807, 2.05) is 21.1 Å². The maximum atomic E-state index is 12.8. The molecule has 0 heterocycles. The van der Waals surface area contributed by atoms with E-state index in [9.17, 15) is 19.4 Å². The number of aliphatic hydroxyl groups excluding tert-OH is 1. The number of allylic oxidation sites excluding steroid dienone is 8. The maximum absolute atomic E-state index is 12.8. The van der Waals surface area contributed by atoms with Crippen LogP contribution in [0.5, 0.6) is 0 Å². The molecule has 0 aliphatic heterocycles. The molecule has 0 rings (SSSR count). The number of carbonyl (C=O) groups excluding carboxylic acids is 1. The Balaban J connectivity index is 3.83. The second-order valence-electron chi connectivity index (χ2n) is 18.5. The number of unbranched alkanes of at least 4 members (excludes halogenated alkanes) is 25. The molecule has 0 fully saturated rings. The average molecular weight is 880 g/mol. The molecule has 0 aliphatic rings. The van der Waals surface area contributed by atoms with Crippen LogP contribution in [0, 0.1) is 0 Å². The van der Waals surface area contributed by atoms with Crippen molar-refractivity contribution in [1.82, 2.24) is 5.32 Å². The first-order chi connectivity index (χ1) is 29.5. The van der Waals surface area contributed by atoms with Crippen LogP contribution in [0.2, 0.25) is 0 Å². The first-order valence-electron chi connectivity index (χ1n) is 25.5. The van der Waals surface area contributed by atoms with Crippen molar-refractivity contribution in [3.63, 3.8) is 0 Å². The van der Waals surface area contributed by atoms with Crippen molar-refractivity contribution in [2.45, 2.75) is 238 Å². The van der Waals surface area contributed by atoms with Crippen molar-refractivity contribution in [1.29, 1.82) is 0 Å². The summed E-state index contributed by atoms with van der Waals surface area (Å²) in [6.45, 7) is 4.71. The number of likely N-dealkylation sites (N-methyl/N-ethyl adjacent to an activating group) is 1. The second kappa shape index (κ2) is 43.7. The Bertz CT molecular complexity index is 1130. The van der Waals surface area contributed by atoms with Crippen molar-refractivity contribution in [2.75, 3.05) is 40.9 Å². The van der Waals surface area contributed by atoms with E-state index in [4.69, 9.17) is 9.05 Å². The Hall–Kier alpha value is -1.54. The molecule has 8 nitrogen and oxygen atoms in total. The van der Waals surface area contributed by atoms with Gasteiger partial charge < -0.3 is 19.8 Å². The van der Waals surface area contributed by atoms with Gasteiger partial charge in [-0.15, -0.1) is 0 Å². The number of quaternary nitrogens is 1. The molecule has 0 aliphatic carbocycles. The molecule has 3 unspecified atom stereocenters. The lowest BCUT2D eigenvalue weighted by Gasteiger charge is -2.26. The molecule has 61 heavy (non-hydrogen) atoms. The summed E-state index contributed by atoms with van der Waals surface area (Å²) in [4.78, 5) is 23.0. The normalized spacial score (nSPS) is 14.5. The molecular formula is C52H100N2O6P+. The van der Waals surface area contributed by atoms with E-state index >= 15 is 0 Å². The van der Waals surface area contributed by atoms with E-state index in [1.165, 1.54) is 135 Å². The van der Waals surface area contributed by atoms with Gasteiger partial charge >= 0.3 is 7.82 Å². The van der Waals surface area contributed by atoms with E-state index in [1.54, 1.807) is 0 Å². The van der Waals surface area contributed by atoms with Crippen molar-refractivity contribution >= 4 is 13.7 Å². The Kier molecular flexibility index (Phi) is 42.6. The highest BCUT2D eigenvalue weighted by molar-refractivity contribution is 7.47. The van der Waals surface area contributed by atoms with Gasteiger partial charge in [0.2, 0.25) is 5.91 Å². The number of nitrogens with one attached hydrogen (secondary N) is 1. The first-order valence-corrected chi connectivity index (χ1v) is 27.0. The number of rotatable bonds is 46. The SMILES string of the molecule is CC/C=C\C/C=C\C/C=C\C/C=C\CCCCCCCCCCCCCCCCCCCCCCC(=O)NC(COP(=O)(O)OCC[N+](C)(C)C)C(O)CCCCCCCC. The quantitative estimate of drug-likeness (QED) is 0.0243. The molecule has 3 N–H and O–H groups in total. The fourth-order valence-electron chi connectivity index (χ4n) is 7.33. The van der Waals surface area contributed by atoms with Gasteiger partial charge in [-0.2, -0.15) is 0 Å². The van der Waals surface area contributed by atoms with E-state index in [0.29, 0.717) is 23.9 Å². The molecule has 0 saturated heterocycles. The third-order valence-corrected chi connectivity index (χ3v) is 12.3. The number of nitrogens with zero attached hydrogens (tertiary/aromatic N) is 1. The molecule has 0 aromatic rings. The van der Waals surface area contributed by atoms with E-state index in [0.717, 1.165) is 64.2 Å². The Morgan fingerprint density at radius 1 is 0.574 bits per heavy atom. The van der Waals surface area contributed by atoms with E-state index < -0.39 is 20.0 Å². The highest BCUT2D eigenvalue weighted by Crippen LogP contribution is 2.43. The van der Waals surface area contributed by atoms with E-state index in [-0.39, 0.29) is 19.1 Å². The van der Waals surface area contributed by atoms with Crippen LogP contribution in [-0.4, -0.2) is 73.4 Å². The molecule has 1 amide bonds. The van der Waals surface area contributed by atoms with Crippen LogP contribution in [0.1, 0.15) is 226 Å². The molecule has 0 aromatic heterocycles. The number of phosphoric acid groups is 1. The van der Waals surface area contributed by atoms with Gasteiger partial charge in [-0.3, -0.25) is 13.8 Å². The predicted octanol–water partition coefficient (Wildman–Crippen LogP) is 14.8. The van der Waals surface area contributed by atoms with Gasteiger partial charge in [-0.05, 0) is 51.4 Å². The number of hydrogen-bond donors (Lipinski definition) is 3. The van der Waals surface area contributed by atoms with Crippen LogP contribution in [-0.2, 0) is 18.4 Å². The number of carbonyl (C=O) groups is 1. The monoisotopic (exact) mass is 880 g/mol. The summed E-state index contributed by atoms with van der Waals surface area (Å²) in [6.07, 6.45) is 56.3. The number of phosphoric ester groups is 1. The summed E-state index contributed by atoms with van der Waals surface area (Å²) < 4.78 is 23.5. The minimum absolute atomic E-state index is 0.0746. The van der Waals surface area contributed by atoms with Crippen LogP contribution in [0.3, 0.4) is 0 Å². The molecule has 0 bridgehead atoms. The van der Waals surface area contributed by atoms with Crippen molar-refractivity contribution in [2.24, 2.45) is 0 Å². The van der Waals surface area contributed by atoms with E-state index in [2.05, 4.69) is 67.8 Å². The molecular weight excluding hydrogens is 780 g/mol. The van der Waals surface area contributed by atoms with Gasteiger partial charge in [0.1, 0.15) is 13.2 Å². The molecule has 0 saturated carbocycles. The van der Waals surface area contributed by atoms with Crippen LogP contribution in [0.25, 0.3) is 0 Å². The number of amides is 1. The first kappa shape index (κ1) is 59.5. The second-order valence-corrected chi connectivity index (χ2v) is 20.0. The summed E-state index contributed by atoms with van der Waals surface area (Å²) in [5.41, 5.74) is 0.